The van der Waals surface area contributed by atoms with Gasteiger partial charge in [-0.2, -0.15) is 0 Å². The molecule has 3 aliphatic heterocycles. The van der Waals surface area contributed by atoms with E-state index in [1.807, 2.05) is 7.05 Å². The van der Waals surface area contributed by atoms with Crippen molar-refractivity contribution in [2.24, 2.45) is 11.1 Å². The first-order valence-corrected chi connectivity index (χ1v) is 9.12. The second kappa shape index (κ2) is 5.85. The molecule has 0 aliphatic carbocycles. The van der Waals surface area contributed by atoms with Crippen molar-refractivity contribution in [1.82, 2.24) is 9.80 Å². The zero-order valence-electron chi connectivity index (χ0n) is 12.9. The van der Waals surface area contributed by atoms with Crippen LogP contribution in [0.4, 0.5) is 4.39 Å². The number of fused-ring (bicyclic) bond motifs is 4. The lowest BCUT2D eigenvalue weighted by Crippen LogP contribution is -2.47. The number of benzene rings is 1. The van der Waals surface area contributed by atoms with Crippen molar-refractivity contribution in [1.29, 1.82) is 0 Å². The van der Waals surface area contributed by atoms with Crippen LogP contribution in [0.25, 0.3) is 0 Å². The fraction of sp³-hybridized carbons (Fsp3) is 0.533. The van der Waals surface area contributed by atoms with Gasteiger partial charge in [0.05, 0.1) is 10.5 Å². The number of carbonyl (C=O) groups is 1. The van der Waals surface area contributed by atoms with Crippen molar-refractivity contribution >= 4 is 15.9 Å². The van der Waals surface area contributed by atoms with Gasteiger partial charge in [0.15, 0.2) is 0 Å². The van der Waals surface area contributed by atoms with E-state index in [2.05, 4.69) is 4.90 Å². The normalized spacial score (nSPS) is 25.4. The largest absolute Gasteiger partial charge is 0.334 e. The number of piperidine rings is 1. The smallest absolute Gasteiger partial charge is 0.257 e. The van der Waals surface area contributed by atoms with Crippen molar-refractivity contribution in [3.05, 3.63) is 29.6 Å². The lowest BCUT2D eigenvalue weighted by Gasteiger charge is -2.36. The second-order valence-electron chi connectivity index (χ2n) is 6.46. The third kappa shape index (κ3) is 3.24. The monoisotopic (exact) mass is 341 g/mol. The molecule has 126 valence electrons. The Morgan fingerprint density at radius 2 is 2.00 bits per heavy atom. The quantitative estimate of drug-likeness (QED) is 0.856. The van der Waals surface area contributed by atoms with Gasteiger partial charge in [-0.15, -0.1) is 0 Å². The van der Waals surface area contributed by atoms with Gasteiger partial charge in [-0.05, 0) is 44.0 Å². The Morgan fingerprint density at radius 3 is 2.70 bits per heavy atom. The molecule has 6 nitrogen and oxygen atoms in total. The maximum atomic E-state index is 14.1. The molecule has 8 heteroatoms. The summed E-state index contributed by atoms with van der Waals surface area (Å²) in [5.41, 5.74) is -0.230. The van der Waals surface area contributed by atoms with Crippen molar-refractivity contribution < 1.29 is 17.6 Å². The van der Waals surface area contributed by atoms with Crippen LogP contribution < -0.4 is 5.14 Å². The van der Waals surface area contributed by atoms with Crippen LogP contribution in [0.2, 0.25) is 0 Å². The highest BCUT2D eigenvalue weighted by atomic mass is 32.2. The summed E-state index contributed by atoms with van der Waals surface area (Å²) in [4.78, 5) is 16.4. The number of amides is 1. The first kappa shape index (κ1) is 16.4. The molecule has 3 fully saturated rings. The molecule has 2 atom stereocenters. The zero-order valence-corrected chi connectivity index (χ0v) is 13.7. The van der Waals surface area contributed by atoms with Gasteiger partial charge in [0.2, 0.25) is 10.0 Å². The number of likely N-dealkylation sites (N-methyl/N-ethyl adjacent to an activating group) is 1. The van der Waals surface area contributed by atoms with Crippen LogP contribution in [0.1, 0.15) is 23.2 Å². The maximum absolute atomic E-state index is 14.1. The number of carbonyl (C=O) groups excluding carboxylic acids is 1. The van der Waals surface area contributed by atoms with Crippen molar-refractivity contribution in [3.63, 3.8) is 0 Å². The second-order valence-corrected chi connectivity index (χ2v) is 8.02. The number of hydrogen-bond donors (Lipinski definition) is 1. The molecular formula is C15H20FN3O3S. The molecule has 1 amide bonds. The predicted octanol–water partition coefficient (Wildman–Crippen LogP) is 0.639. The Morgan fingerprint density at radius 1 is 1.26 bits per heavy atom. The van der Waals surface area contributed by atoms with Crippen LogP contribution >= 0.6 is 0 Å². The molecule has 0 radical (unpaired) electrons. The number of hydrogen-bond acceptors (Lipinski definition) is 4. The highest BCUT2D eigenvalue weighted by Gasteiger charge is 2.37. The predicted molar refractivity (Wildman–Crippen MR) is 82.8 cm³/mol. The SMILES string of the molecule is CN1C[C@@H]2CC[C@H](C1)N(C(=O)c1cc(S(N)(=O)=O)ccc1F)C2. The van der Waals surface area contributed by atoms with Crippen molar-refractivity contribution in [2.45, 2.75) is 23.8 Å². The Kier molecular flexibility index (Phi) is 4.16. The molecule has 4 rings (SSSR count). The molecule has 2 N–H and O–H groups in total. The van der Waals surface area contributed by atoms with Crippen molar-refractivity contribution in [3.8, 4) is 0 Å². The summed E-state index contributed by atoms with van der Waals surface area (Å²) < 4.78 is 37.0. The van der Waals surface area contributed by atoms with Gasteiger partial charge in [-0.25, -0.2) is 17.9 Å². The van der Waals surface area contributed by atoms with Crippen LogP contribution in [0.3, 0.4) is 0 Å². The van der Waals surface area contributed by atoms with E-state index in [0.29, 0.717) is 12.5 Å². The number of primary sulfonamides is 1. The van der Waals surface area contributed by atoms with Crippen LogP contribution in [0.5, 0.6) is 0 Å². The van der Waals surface area contributed by atoms with Gasteiger partial charge >= 0.3 is 0 Å². The van der Waals surface area contributed by atoms with E-state index in [4.69, 9.17) is 5.14 Å². The summed E-state index contributed by atoms with van der Waals surface area (Å²) in [7, 11) is -1.96. The lowest BCUT2D eigenvalue weighted by molar-refractivity contribution is 0.0582. The van der Waals surface area contributed by atoms with E-state index in [1.54, 1.807) is 4.90 Å². The van der Waals surface area contributed by atoms with Crippen LogP contribution in [0.15, 0.2) is 23.1 Å². The Labute approximate surface area is 135 Å². The van der Waals surface area contributed by atoms with E-state index < -0.39 is 21.7 Å². The molecule has 0 saturated carbocycles. The molecule has 1 aromatic rings. The fourth-order valence-corrected chi connectivity index (χ4v) is 4.10. The highest BCUT2D eigenvalue weighted by Crippen LogP contribution is 2.29. The summed E-state index contributed by atoms with van der Waals surface area (Å²) in [6.07, 6.45) is 1.94. The third-order valence-electron chi connectivity index (χ3n) is 4.65. The summed E-state index contributed by atoms with van der Waals surface area (Å²) in [5.74, 6) is -0.818. The molecule has 3 heterocycles. The van der Waals surface area contributed by atoms with Gasteiger partial charge in [0.25, 0.3) is 5.91 Å². The minimum atomic E-state index is -3.98. The Bertz CT molecular complexity index is 737. The van der Waals surface area contributed by atoms with E-state index in [9.17, 15) is 17.6 Å². The molecule has 23 heavy (non-hydrogen) atoms. The molecule has 3 aliphatic rings. The first-order valence-electron chi connectivity index (χ1n) is 7.57. The van der Waals surface area contributed by atoms with Crippen LogP contribution in [0, 0.1) is 11.7 Å². The van der Waals surface area contributed by atoms with Crippen molar-refractivity contribution in [2.75, 3.05) is 26.7 Å². The molecule has 0 unspecified atom stereocenters. The standard InChI is InChI=1S/C15H20FN3O3S/c1-18-7-10-2-3-11(9-18)19(8-10)15(20)13-6-12(23(17,21)22)4-5-14(13)16/h4-6,10-11H,2-3,7-9H2,1H3,(H2,17,21,22)/t10-,11+/m0/s1. The van der Waals surface area contributed by atoms with E-state index in [0.717, 1.165) is 44.1 Å². The molecule has 3 saturated heterocycles. The fourth-order valence-electron chi connectivity index (χ4n) is 3.57. The van der Waals surface area contributed by atoms with Gasteiger partial charge in [-0.1, -0.05) is 0 Å². The maximum Gasteiger partial charge on any atom is 0.257 e. The Balaban J connectivity index is 1.94. The molecule has 0 spiro atoms. The Hall–Kier alpha value is -1.51. The minimum absolute atomic E-state index is 0.0313. The molecule has 2 bridgehead atoms. The van der Waals surface area contributed by atoms with E-state index in [1.165, 1.54) is 0 Å². The molecule has 1 aromatic carbocycles. The average Bonchev–Trinajstić information content (AvgIpc) is 2.74. The number of nitrogens with zero attached hydrogens (tertiary/aromatic N) is 2. The lowest BCUT2D eigenvalue weighted by atomic mass is 9.94. The molecule has 0 aromatic heterocycles. The average molecular weight is 341 g/mol. The van der Waals surface area contributed by atoms with Gasteiger partial charge in [0.1, 0.15) is 5.82 Å². The van der Waals surface area contributed by atoms with Gasteiger partial charge in [0, 0.05) is 25.7 Å². The van der Waals surface area contributed by atoms with Gasteiger partial charge < -0.3 is 9.80 Å². The third-order valence-corrected chi connectivity index (χ3v) is 5.56. The molecular weight excluding hydrogens is 321 g/mol. The topological polar surface area (TPSA) is 83.7 Å². The summed E-state index contributed by atoms with van der Waals surface area (Å²) >= 11 is 0. The van der Waals surface area contributed by atoms with Crippen LogP contribution in [-0.4, -0.2) is 56.8 Å². The summed E-state index contributed by atoms with van der Waals surface area (Å²) in [6.45, 7) is 2.24. The number of rotatable bonds is 2. The highest BCUT2D eigenvalue weighted by molar-refractivity contribution is 7.89. The summed E-state index contributed by atoms with van der Waals surface area (Å²) in [5, 5.41) is 5.08. The summed E-state index contributed by atoms with van der Waals surface area (Å²) in [6, 6.07) is 3.12. The van der Waals surface area contributed by atoms with Crippen LogP contribution in [-0.2, 0) is 10.0 Å². The first-order chi connectivity index (χ1) is 10.8. The number of sulfonamides is 1. The van der Waals surface area contributed by atoms with E-state index in [-0.39, 0.29) is 16.5 Å². The van der Waals surface area contributed by atoms with Gasteiger partial charge in [-0.3, -0.25) is 4.79 Å². The number of halogens is 1. The van der Waals surface area contributed by atoms with E-state index >= 15 is 0 Å². The zero-order chi connectivity index (χ0) is 16.8. The number of nitrogens with two attached hydrogens (primary N) is 1. The minimum Gasteiger partial charge on any atom is -0.334 e.